The van der Waals surface area contributed by atoms with Gasteiger partial charge in [0.15, 0.2) is 11.5 Å². The number of ether oxygens (including phenoxy) is 2. The molecule has 6 heteroatoms. The smallest absolute Gasteiger partial charge is 0.220 e. The second-order valence-electron chi connectivity index (χ2n) is 7.63. The monoisotopic (exact) mass is 387 g/mol. The molecule has 0 aliphatic carbocycles. The van der Waals surface area contributed by atoms with Crippen LogP contribution in [0.3, 0.4) is 0 Å². The van der Waals surface area contributed by atoms with Crippen LogP contribution in [0.25, 0.3) is 0 Å². The topological polar surface area (TPSA) is 65.4 Å². The number of carbonyl (C=O) groups excluding carboxylic acids is 1. The molecular weight excluding hydrogens is 354 g/mol. The fourth-order valence-corrected chi connectivity index (χ4v) is 3.38. The number of benzene rings is 1. The third-order valence-electron chi connectivity index (χ3n) is 4.96. The van der Waals surface area contributed by atoms with Crippen molar-refractivity contribution in [1.29, 1.82) is 0 Å². The van der Waals surface area contributed by atoms with Gasteiger partial charge in [-0.25, -0.2) is 0 Å². The Morgan fingerprint density at radius 1 is 1.14 bits per heavy atom. The van der Waals surface area contributed by atoms with Crippen LogP contribution in [0, 0.1) is 19.8 Å². The fourth-order valence-electron chi connectivity index (χ4n) is 3.38. The molecule has 0 saturated heterocycles. The summed E-state index contributed by atoms with van der Waals surface area (Å²) in [6.45, 7) is 11.3. The lowest BCUT2D eigenvalue weighted by Gasteiger charge is -2.16. The van der Waals surface area contributed by atoms with E-state index in [-0.39, 0.29) is 11.9 Å². The number of aryl methyl sites for hydroxylation is 1. The first-order chi connectivity index (χ1) is 13.3. The van der Waals surface area contributed by atoms with Crippen LogP contribution < -0.4 is 14.8 Å². The van der Waals surface area contributed by atoms with Crippen LogP contribution in [-0.2, 0) is 17.8 Å². The van der Waals surface area contributed by atoms with Crippen LogP contribution in [-0.4, -0.2) is 29.9 Å². The van der Waals surface area contributed by atoms with Gasteiger partial charge in [-0.3, -0.25) is 9.48 Å². The highest BCUT2D eigenvalue weighted by Crippen LogP contribution is 2.30. The van der Waals surface area contributed by atoms with Gasteiger partial charge in [-0.2, -0.15) is 5.10 Å². The molecule has 1 N–H and O–H groups in total. The third-order valence-corrected chi connectivity index (χ3v) is 4.96. The Kier molecular flexibility index (Phi) is 7.49. The molecule has 2 aromatic rings. The van der Waals surface area contributed by atoms with E-state index in [2.05, 4.69) is 35.9 Å². The Labute approximate surface area is 168 Å². The normalized spacial score (nSPS) is 12.1. The van der Waals surface area contributed by atoms with E-state index in [1.165, 1.54) is 5.56 Å². The Morgan fingerprint density at radius 3 is 2.43 bits per heavy atom. The summed E-state index contributed by atoms with van der Waals surface area (Å²) >= 11 is 0. The molecule has 0 bridgehead atoms. The third kappa shape index (κ3) is 5.27. The van der Waals surface area contributed by atoms with Gasteiger partial charge in [0.25, 0.3) is 0 Å². The number of aromatic nitrogens is 2. The lowest BCUT2D eigenvalue weighted by atomic mass is 10.1. The minimum absolute atomic E-state index is 0.0256. The quantitative estimate of drug-likeness (QED) is 0.707. The molecule has 154 valence electrons. The summed E-state index contributed by atoms with van der Waals surface area (Å²) in [5, 5.41) is 7.70. The maximum atomic E-state index is 12.5. The Morgan fingerprint density at radius 2 is 1.82 bits per heavy atom. The predicted molar refractivity (Wildman–Crippen MR) is 111 cm³/mol. The van der Waals surface area contributed by atoms with Crippen LogP contribution in [0.15, 0.2) is 18.2 Å². The molecule has 1 aromatic heterocycles. The van der Waals surface area contributed by atoms with Gasteiger partial charge in [-0.05, 0) is 56.4 Å². The zero-order chi connectivity index (χ0) is 20.8. The first kappa shape index (κ1) is 21.8. The molecule has 1 aromatic carbocycles. The van der Waals surface area contributed by atoms with Gasteiger partial charge in [0.1, 0.15) is 0 Å². The maximum Gasteiger partial charge on any atom is 0.220 e. The molecule has 0 aliphatic heterocycles. The summed E-state index contributed by atoms with van der Waals surface area (Å²) in [6, 6.07) is 5.58. The SMILES string of the molecule is COc1ccc(C(C)NC(=O)CCc2c(C)nn(CC(C)C)c2C)cc1OC. The van der Waals surface area contributed by atoms with Crippen molar-refractivity contribution in [3.05, 3.63) is 40.7 Å². The molecule has 0 saturated carbocycles. The Balaban J connectivity index is 1.98. The van der Waals surface area contributed by atoms with Crippen molar-refractivity contribution in [2.45, 2.75) is 60.0 Å². The number of nitrogens with one attached hydrogen (secondary N) is 1. The van der Waals surface area contributed by atoms with Crippen LogP contribution in [0.4, 0.5) is 0 Å². The molecule has 0 fully saturated rings. The molecule has 1 atom stereocenters. The number of amides is 1. The maximum absolute atomic E-state index is 12.5. The van der Waals surface area contributed by atoms with Crippen molar-refractivity contribution in [2.75, 3.05) is 14.2 Å². The van der Waals surface area contributed by atoms with E-state index in [1.54, 1.807) is 14.2 Å². The van der Waals surface area contributed by atoms with E-state index in [0.717, 1.165) is 23.5 Å². The van der Waals surface area contributed by atoms with Crippen LogP contribution >= 0.6 is 0 Å². The Hall–Kier alpha value is -2.50. The Bertz CT molecular complexity index is 812. The second kappa shape index (κ2) is 9.62. The lowest BCUT2D eigenvalue weighted by molar-refractivity contribution is -0.121. The minimum Gasteiger partial charge on any atom is -0.493 e. The summed E-state index contributed by atoms with van der Waals surface area (Å²) in [7, 11) is 3.21. The molecule has 2 rings (SSSR count). The zero-order valence-electron chi connectivity index (χ0n) is 18.1. The van der Waals surface area contributed by atoms with Crippen molar-refractivity contribution < 1.29 is 14.3 Å². The predicted octanol–water partition coefficient (Wildman–Crippen LogP) is 3.98. The van der Waals surface area contributed by atoms with Gasteiger partial charge in [0, 0.05) is 18.7 Å². The van der Waals surface area contributed by atoms with Gasteiger partial charge in [-0.15, -0.1) is 0 Å². The largest absolute Gasteiger partial charge is 0.493 e. The van der Waals surface area contributed by atoms with Crippen molar-refractivity contribution in [2.24, 2.45) is 5.92 Å². The van der Waals surface area contributed by atoms with E-state index < -0.39 is 0 Å². The summed E-state index contributed by atoms with van der Waals surface area (Å²) < 4.78 is 12.7. The van der Waals surface area contributed by atoms with E-state index in [4.69, 9.17) is 9.47 Å². The molecule has 0 spiro atoms. The van der Waals surface area contributed by atoms with Gasteiger partial charge in [0.05, 0.1) is 26.0 Å². The van der Waals surface area contributed by atoms with E-state index in [0.29, 0.717) is 30.3 Å². The standard InChI is InChI=1S/C22H33N3O3/c1-14(2)13-25-17(5)19(16(4)24-25)9-11-22(26)23-15(3)18-8-10-20(27-6)21(12-18)28-7/h8,10,12,14-15H,9,11,13H2,1-7H3,(H,23,26). The molecule has 1 unspecified atom stereocenters. The van der Waals surface area contributed by atoms with Crippen LogP contribution in [0.5, 0.6) is 11.5 Å². The molecule has 1 amide bonds. The van der Waals surface area contributed by atoms with Crippen molar-refractivity contribution in [1.82, 2.24) is 15.1 Å². The van der Waals surface area contributed by atoms with Gasteiger partial charge < -0.3 is 14.8 Å². The molecule has 28 heavy (non-hydrogen) atoms. The average molecular weight is 388 g/mol. The van der Waals surface area contributed by atoms with Gasteiger partial charge >= 0.3 is 0 Å². The highest BCUT2D eigenvalue weighted by atomic mass is 16.5. The fraction of sp³-hybridized carbons (Fsp3) is 0.545. The summed E-state index contributed by atoms with van der Waals surface area (Å²) in [5.41, 5.74) is 4.32. The molecule has 0 radical (unpaired) electrons. The van der Waals surface area contributed by atoms with Crippen molar-refractivity contribution in [3.8, 4) is 11.5 Å². The first-order valence-corrected chi connectivity index (χ1v) is 9.81. The van der Waals surface area contributed by atoms with E-state index >= 15 is 0 Å². The molecule has 1 heterocycles. The van der Waals surface area contributed by atoms with Gasteiger partial charge in [0.2, 0.25) is 5.91 Å². The first-order valence-electron chi connectivity index (χ1n) is 9.81. The van der Waals surface area contributed by atoms with E-state index in [1.807, 2.05) is 32.0 Å². The van der Waals surface area contributed by atoms with Crippen molar-refractivity contribution in [3.63, 3.8) is 0 Å². The minimum atomic E-state index is -0.113. The highest BCUT2D eigenvalue weighted by molar-refractivity contribution is 5.76. The lowest BCUT2D eigenvalue weighted by Crippen LogP contribution is -2.27. The summed E-state index contributed by atoms with van der Waals surface area (Å²) in [5.74, 6) is 1.90. The molecule has 6 nitrogen and oxygen atoms in total. The zero-order valence-corrected chi connectivity index (χ0v) is 18.1. The summed E-state index contributed by atoms with van der Waals surface area (Å²) in [4.78, 5) is 12.5. The number of carbonyl (C=O) groups is 1. The van der Waals surface area contributed by atoms with Crippen LogP contribution in [0.1, 0.15) is 55.7 Å². The molecular formula is C22H33N3O3. The number of rotatable bonds is 9. The second-order valence-corrected chi connectivity index (χ2v) is 7.63. The highest BCUT2D eigenvalue weighted by Gasteiger charge is 2.16. The summed E-state index contributed by atoms with van der Waals surface area (Å²) in [6.07, 6.45) is 1.13. The number of hydrogen-bond acceptors (Lipinski definition) is 4. The number of nitrogens with zero attached hydrogens (tertiary/aromatic N) is 2. The molecule has 0 aliphatic rings. The van der Waals surface area contributed by atoms with Gasteiger partial charge in [-0.1, -0.05) is 19.9 Å². The number of methoxy groups -OCH3 is 2. The average Bonchev–Trinajstić information content (AvgIpc) is 2.91. The van der Waals surface area contributed by atoms with Crippen LogP contribution in [0.2, 0.25) is 0 Å². The van der Waals surface area contributed by atoms with E-state index in [9.17, 15) is 4.79 Å². The van der Waals surface area contributed by atoms with Crippen molar-refractivity contribution >= 4 is 5.91 Å². The number of hydrogen-bond donors (Lipinski definition) is 1.